The number of aryl methyl sites for hydroxylation is 2. The summed E-state index contributed by atoms with van der Waals surface area (Å²) in [6.45, 7) is 9.66. The zero-order valence-corrected chi connectivity index (χ0v) is 21.7. The van der Waals surface area contributed by atoms with E-state index in [1.807, 2.05) is 71.0 Å². The lowest BCUT2D eigenvalue weighted by Gasteiger charge is -2.30. The van der Waals surface area contributed by atoms with E-state index in [4.69, 9.17) is 4.74 Å². The van der Waals surface area contributed by atoms with Crippen molar-refractivity contribution in [2.24, 2.45) is 5.92 Å². The van der Waals surface area contributed by atoms with Gasteiger partial charge in [-0.05, 0) is 72.7 Å². The van der Waals surface area contributed by atoms with E-state index in [0.717, 1.165) is 31.8 Å². The molecule has 8 heteroatoms. The van der Waals surface area contributed by atoms with Crippen LogP contribution in [-0.2, 0) is 14.8 Å². The summed E-state index contributed by atoms with van der Waals surface area (Å²) in [5, 5.41) is 11.1. The molecule has 188 valence electrons. The molecule has 0 saturated carbocycles. The summed E-state index contributed by atoms with van der Waals surface area (Å²) in [6, 6.07) is 15.3. The molecule has 0 heterocycles. The molecule has 1 unspecified atom stereocenters. The maximum absolute atomic E-state index is 13.9. The number of nitrogens with one attached hydrogen (secondary N) is 1. The van der Waals surface area contributed by atoms with Crippen molar-refractivity contribution in [3.63, 3.8) is 0 Å². The van der Waals surface area contributed by atoms with Crippen molar-refractivity contribution < 1.29 is 23.2 Å². The van der Waals surface area contributed by atoms with Gasteiger partial charge >= 0.3 is 0 Å². The van der Waals surface area contributed by atoms with Gasteiger partial charge in [-0.1, -0.05) is 56.3 Å². The van der Waals surface area contributed by atoms with E-state index in [0.29, 0.717) is 5.75 Å². The van der Waals surface area contributed by atoms with Gasteiger partial charge in [-0.15, -0.1) is 0 Å². The summed E-state index contributed by atoms with van der Waals surface area (Å²) in [6.07, 6.45) is 0.238. The smallest absolute Gasteiger partial charge is 0.261 e. The first kappa shape index (κ1) is 26.7. The third-order valence-electron chi connectivity index (χ3n) is 6.21. The average molecular weight is 499 g/mol. The fourth-order valence-electron chi connectivity index (χ4n) is 4.17. The van der Waals surface area contributed by atoms with Crippen LogP contribution in [0.4, 0.5) is 0 Å². The number of benzene rings is 3. The van der Waals surface area contributed by atoms with Gasteiger partial charge in [0.15, 0.2) is 0 Å². The highest BCUT2D eigenvalue weighted by molar-refractivity contribution is 7.89. The lowest BCUT2D eigenvalue weighted by Crippen LogP contribution is -2.50. The van der Waals surface area contributed by atoms with E-state index >= 15 is 0 Å². The monoisotopic (exact) mass is 498 g/mol. The van der Waals surface area contributed by atoms with Gasteiger partial charge in [0.25, 0.3) is 5.91 Å². The molecule has 0 bridgehead atoms. The first-order valence-corrected chi connectivity index (χ1v) is 13.1. The van der Waals surface area contributed by atoms with E-state index in [-0.39, 0.29) is 30.4 Å². The molecule has 0 aliphatic rings. The van der Waals surface area contributed by atoms with Crippen molar-refractivity contribution in [3.8, 4) is 5.75 Å². The molecule has 0 fully saturated rings. The summed E-state index contributed by atoms with van der Waals surface area (Å²) in [5.74, 6) is -0.0557. The Morgan fingerprint density at radius 3 is 2.31 bits per heavy atom. The second-order valence-electron chi connectivity index (χ2n) is 9.25. The van der Waals surface area contributed by atoms with E-state index in [2.05, 4.69) is 0 Å². The lowest BCUT2D eigenvalue weighted by atomic mass is 10.0. The number of hydrogen-bond donors (Lipinski definition) is 2. The molecule has 3 aromatic carbocycles. The third kappa shape index (κ3) is 6.01. The number of carbonyl (C=O) groups excluding carboxylic acids is 1. The third-order valence-corrected chi connectivity index (χ3v) is 8.12. The van der Waals surface area contributed by atoms with E-state index in [1.54, 1.807) is 23.7 Å². The highest BCUT2D eigenvalue weighted by Gasteiger charge is 2.36. The van der Waals surface area contributed by atoms with Gasteiger partial charge in [-0.3, -0.25) is 10.0 Å². The van der Waals surface area contributed by atoms with Gasteiger partial charge in [0.2, 0.25) is 10.0 Å². The van der Waals surface area contributed by atoms with Crippen LogP contribution >= 0.6 is 0 Å². The minimum atomic E-state index is -4.09. The Kier molecular flexibility index (Phi) is 8.53. The van der Waals surface area contributed by atoms with Crippen LogP contribution in [0.1, 0.15) is 37.0 Å². The number of hydroxylamine groups is 1. The quantitative estimate of drug-likeness (QED) is 0.311. The van der Waals surface area contributed by atoms with E-state index < -0.39 is 22.0 Å². The minimum Gasteiger partial charge on any atom is -0.492 e. The standard InChI is InChI=1S/C27H34N2O5S/c1-18(2)16-25(27(30)28-31)29(14-15-34-26-20(4)11-10-19(3)21(26)5)35(32,33)24-13-12-22-8-6-7-9-23(22)17-24/h6-13,17-18,25,31H,14-16H2,1-5H3,(H,28,30). The molecule has 1 atom stereocenters. The fraction of sp³-hybridized carbons (Fsp3) is 0.370. The molecule has 0 spiro atoms. The van der Waals surface area contributed by atoms with Gasteiger partial charge in [0.05, 0.1) is 4.90 Å². The Hall–Kier alpha value is -2.94. The lowest BCUT2D eigenvalue weighted by molar-refractivity contribution is -0.133. The molecular formula is C27H34N2O5S. The van der Waals surface area contributed by atoms with Crippen molar-refractivity contribution >= 4 is 26.7 Å². The molecule has 0 radical (unpaired) electrons. The highest BCUT2D eigenvalue weighted by Crippen LogP contribution is 2.28. The summed E-state index contributed by atoms with van der Waals surface area (Å²) in [5.41, 5.74) is 4.66. The topological polar surface area (TPSA) is 95.9 Å². The van der Waals surface area contributed by atoms with Gasteiger partial charge < -0.3 is 4.74 Å². The summed E-state index contributed by atoms with van der Waals surface area (Å²) in [7, 11) is -4.09. The van der Waals surface area contributed by atoms with Crippen molar-refractivity contribution in [2.75, 3.05) is 13.2 Å². The Labute approximate surface area is 207 Å². The Balaban J connectivity index is 1.99. The molecule has 0 aromatic heterocycles. The maximum atomic E-state index is 13.9. The van der Waals surface area contributed by atoms with Crippen molar-refractivity contribution in [1.29, 1.82) is 0 Å². The van der Waals surface area contributed by atoms with Crippen molar-refractivity contribution in [1.82, 2.24) is 9.79 Å². The van der Waals surface area contributed by atoms with Crippen LogP contribution in [0.15, 0.2) is 59.5 Å². The predicted octanol–water partition coefficient (Wildman–Crippen LogP) is 4.75. The van der Waals surface area contributed by atoms with Crippen LogP contribution in [0, 0.1) is 26.7 Å². The number of rotatable bonds is 10. The molecule has 35 heavy (non-hydrogen) atoms. The van der Waals surface area contributed by atoms with Crippen LogP contribution in [0.25, 0.3) is 10.8 Å². The largest absolute Gasteiger partial charge is 0.492 e. The van der Waals surface area contributed by atoms with Crippen molar-refractivity contribution in [3.05, 3.63) is 71.3 Å². The van der Waals surface area contributed by atoms with Crippen LogP contribution in [0.5, 0.6) is 5.75 Å². The van der Waals surface area contributed by atoms with E-state index in [1.165, 1.54) is 0 Å². The Morgan fingerprint density at radius 2 is 1.66 bits per heavy atom. The molecule has 7 nitrogen and oxygen atoms in total. The van der Waals surface area contributed by atoms with Crippen LogP contribution in [-0.4, -0.2) is 43.0 Å². The molecule has 0 aliphatic heterocycles. The number of hydrogen-bond acceptors (Lipinski definition) is 5. The molecule has 3 rings (SSSR count). The van der Waals surface area contributed by atoms with Gasteiger partial charge in [0.1, 0.15) is 18.4 Å². The van der Waals surface area contributed by atoms with E-state index in [9.17, 15) is 18.4 Å². The zero-order valence-electron chi connectivity index (χ0n) is 20.9. The summed E-state index contributed by atoms with van der Waals surface area (Å²) >= 11 is 0. The first-order valence-electron chi connectivity index (χ1n) is 11.7. The number of amides is 1. The molecule has 1 amide bonds. The van der Waals surface area contributed by atoms with Crippen LogP contribution in [0.2, 0.25) is 0 Å². The number of carbonyl (C=O) groups is 1. The number of nitrogens with zero attached hydrogens (tertiary/aromatic N) is 1. The number of fused-ring (bicyclic) bond motifs is 1. The number of ether oxygens (including phenoxy) is 1. The second-order valence-corrected chi connectivity index (χ2v) is 11.1. The maximum Gasteiger partial charge on any atom is 0.261 e. The van der Waals surface area contributed by atoms with Crippen LogP contribution in [0.3, 0.4) is 0 Å². The second kappa shape index (κ2) is 11.2. The minimum absolute atomic E-state index is 0.00813. The number of sulfonamides is 1. The van der Waals surface area contributed by atoms with Gasteiger partial charge in [-0.25, -0.2) is 13.9 Å². The molecule has 2 N–H and O–H groups in total. The molecule has 3 aromatic rings. The van der Waals surface area contributed by atoms with Crippen molar-refractivity contribution in [2.45, 2.75) is 52.0 Å². The zero-order chi connectivity index (χ0) is 25.8. The van der Waals surface area contributed by atoms with Gasteiger partial charge in [0, 0.05) is 6.54 Å². The average Bonchev–Trinajstić information content (AvgIpc) is 2.83. The Bertz CT molecular complexity index is 1300. The van der Waals surface area contributed by atoms with Crippen LogP contribution < -0.4 is 10.2 Å². The summed E-state index contributed by atoms with van der Waals surface area (Å²) in [4.78, 5) is 12.7. The molecule has 0 aliphatic carbocycles. The normalized spacial score (nSPS) is 12.8. The first-order chi connectivity index (χ1) is 16.6. The molecule has 0 saturated heterocycles. The fourth-order valence-corrected chi connectivity index (χ4v) is 5.79. The predicted molar refractivity (Wildman–Crippen MR) is 137 cm³/mol. The summed E-state index contributed by atoms with van der Waals surface area (Å²) < 4.78 is 34.9. The Morgan fingerprint density at radius 1 is 1.00 bits per heavy atom. The molecular weight excluding hydrogens is 464 g/mol. The SMILES string of the molecule is Cc1ccc(C)c(OCCN(C(CC(C)C)C(=O)NO)S(=O)(=O)c2ccc3ccccc3c2)c1C. The van der Waals surface area contributed by atoms with Gasteiger partial charge in [-0.2, -0.15) is 4.31 Å². The highest BCUT2D eigenvalue weighted by atomic mass is 32.2.